The summed E-state index contributed by atoms with van der Waals surface area (Å²) in [5, 5.41) is 13.2. The molecule has 4 nitrogen and oxygen atoms in total. The number of methoxy groups -OCH3 is 1. The van der Waals surface area contributed by atoms with Gasteiger partial charge < -0.3 is 19.9 Å². The molecule has 1 saturated heterocycles. The predicted molar refractivity (Wildman–Crippen MR) is 54.3 cm³/mol. The Morgan fingerprint density at radius 3 is 3.00 bits per heavy atom. The van der Waals surface area contributed by atoms with Crippen molar-refractivity contribution in [1.82, 2.24) is 5.32 Å². The van der Waals surface area contributed by atoms with E-state index in [1.807, 2.05) is 0 Å². The van der Waals surface area contributed by atoms with E-state index in [4.69, 9.17) is 9.47 Å². The second-order valence-corrected chi connectivity index (χ2v) is 4.22. The maximum atomic E-state index is 9.92. The third-order valence-electron chi connectivity index (χ3n) is 2.48. The monoisotopic (exact) mass is 203 g/mol. The number of rotatable bonds is 6. The van der Waals surface area contributed by atoms with E-state index in [1.54, 1.807) is 7.11 Å². The first-order valence-electron chi connectivity index (χ1n) is 5.16. The van der Waals surface area contributed by atoms with Gasteiger partial charge in [0.1, 0.15) is 5.60 Å². The highest BCUT2D eigenvalue weighted by Gasteiger charge is 2.31. The van der Waals surface area contributed by atoms with E-state index in [1.165, 1.54) is 0 Å². The number of hydrogen-bond donors (Lipinski definition) is 2. The first-order valence-corrected chi connectivity index (χ1v) is 5.16. The van der Waals surface area contributed by atoms with Crippen LogP contribution in [0.1, 0.15) is 13.3 Å². The van der Waals surface area contributed by atoms with Gasteiger partial charge in [0.05, 0.1) is 6.61 Å². The summed E-state index contributed by atoms with van der Waals surface area (Å²) in [6.07, 6.45) is 0.735. The number of nitrogens with one attached hydrogen (secondary N) is 1. The van der Waals surface area contributed by atoms with Gasteiger partial charge in [-0.1, -0.05) is 6.92 Å². The van der Waals surface area contributed by atoms with E-state index in [-0.39, 0.29) is 0 Å². The van der Waals surface area contributed by atoms with Crippen LogP contribution in [0.4, 0.5) is 0 Å². The highest BCUT2D eigenvalue weighted by atomic mass is 16.5. The minimum absolute atomic E-state index is 0.457. The van der Waals surface area contributed by atoms with Crippen molar-refractivity contribution in [1.29, 1.82) is 0 Å². The molecule has 1 rings (SSSR count). The van der Waals surface area contributed by atoms with Crippen LogP contribution < -0.4 is 5.32 Å². The molecule has 0 aliphatic carbocycles. The molecule has 0 radical (unpaired) electrons. The van der Waals surface area contributed by atoms with Crippen LogP contribution in [0.25, 0.3) is 0 Å². The zero-order valence-corrected chi connectivity index (χ0v) is 9.08. The Morgan fingerprint density at radius 1 is 1.64 bits per heavy atom. The van der Waals surface area contributed by atoms with Gasteiger partial charge in [-0.3, -0.25) is 0 Å². The van der Waals surface area contributed by atoms with E-state index in [9.17, 15) is 5.11 Å². The molecule has 0 aromatic rings. The topological polar surface area (TPSA) is 50.7 Å². The van der Waals surface area contributed by atoms with Gasteiger partial charge in [-0.05, 0) is 5.92 Å². The van der Waals surface area contributed by atoms with Crippen LogP contribution >= 0.6 is 0 Å². The Morgan fingerprint density at radius 2 is 2.43 bits per heavy atom. The minimum atomic E-state index is -0.646. The highest BCUT2D eigenvalue weighted by Crippen LogP contribution is 2.16. The third-order valence-corrected chi connectivity index (χ3v) is 2.48. The van der Waals surface area contributed by atoms with Crippen molar-refractivity contribution in [3.05, 3.63) is 0 Å². The average Bonchev–Trinajstić information content (AvgIpc) is 2.53. The van der Waals surface area contributed by atoms with Crippen molar-refractivity contribution in [2.24, 2.45) is 5.92 Å². The SMILES string of the molecule is COCC(C)CNCC1(O)CCOC1. The van der Waals surface area contributed by atoms with Crippen molar-refractivity contribution in [2.75, 3.05) is 40.0 Å². The smallest absolute Gasteiger partial charge is 0.102 e. The molecule has 0 bridgehead atoms. The lowest BCUT2D eigenvalue weighted by molar-refractivity contribution is 0.0257. The van der Waals surface area contributed by atoms with Crippen molar-refractivity contribution < 1.29 is 14.6 Å². The van der Waals surface area contributed by atoms with Crippen LogP contribution in [0.2, 0.25) is 0 Å². The normalized spacial score (nSPS) is 29.4. The van der Waals surface area contributed by atoms with Crippen LogP contribution in [0, 0.1) is 5.92 Å². The summed E-state index contributed by atoms with van der Waals surface area (Å²) in [6, 6.07) is 0. The van der Waals surface area contributed by atoms with Crippen molar-refractivity contribution in [2.45, 2.75) is 18.9 Å². The highest BCUT2D eigenvalue weighted by molar-refractivity contribution is 4.84. The maximum absolute atomic E-state index is 9.92. The molecule has 1 heterocycles. The minimum Gasteiger partial charge on any atom is -0.386 e. The van der Waals surface area contributed by atoms with E-state index in [0.717, 1.165) is 19.6 Å². The number of ether oxygens (including phenoxy) is 2. The molecule has 0 amide bonds. The summed E-state index contributed by atoms with van der Waals surface area (Å²) in [5.74, 6) is 0.478. The largest absolute Gasteiger partial charge is 0.386 e. The first-order chi connectivity index (χ1) is 6.66. The van der Waals surface area contributed by atoms with Crippen LogP contribution in [-0.4, -0.2) is 50.7 Å². The third kappa shape index (κ3) is 3.92. The Balaban J connectivity index is 2.08. The molecular weight excluding hydrogens is 182 g/mol. The average molecular weight is 203 g/mol. The van der Waals surface area contributed by atoms with E-state index in [0.29, 0.717) is 25.7 Å². The maximum Gasteiger partial charge on any atom is 0.102 e. The molecule has 4 heteroatoms. The van der Waals surface area contributed by atoms with Gasteiger partial charge >= 0.3 is 0 Å². The molecule has 1 fully saturated rings. The fraction of sp³-hybridized carbons (Fsp3) is 1.00. The number of hydrogen-bond acceptors (Lipinski definition) is 4. The van der Waals surface area contributed by atoms with Crippen molar-refractivity contribution in [3.63, 3.8) is 0 Å². The van der Waals surface area contributed by atoms with Crippen LogP contribution in [0.15, 0.2) is 0 Å². The fourth-order valence-electron chi connectivity index (χ4n) is 1.63. The van der Waals surface area contributed by atoms with Crippen LogP contribution in [0.5, 0.6) is 0 Å². The molecule has 2 unspecified atom stereocenters. The summed E-state index contributed by atoms with van der Waals surface area (Å²) in [7, 11) is 1.70. The molecule has 1 aliphatic rings. The van der Waals surface area contributed by atoms with E-state index in [2.05, 4.69) is 12.2 Å². The molecule has 14 heavy (non-hydrogen) atoms. The lowest BCUT2D eigenvalue weighted by Crippen LogP contribution is -2.42. The summed E-state index contributed by atoms with van der Waals surface area (Å²) in [4.78, 5) is 0. The van der Waals surface area contributed by atoms with Gasteiger partial charge in [-0.15, -0.1) is 0 Å². The summed E-state index contributed by atoms with van der Waals surface area (Å²) in [6.45, 7) is 5.48. The van der Waals surface area contributed by atoms with Gasteiger partial charge in [-0.2, -0.15) is 0 Å². The second-order valence-electron chi connectivity index (χ2n) is 4.22. The standard InChI is InChI=1S/C10H21NO3/c1-9(6-13-2)5-11-7-10(12)3-4-14-8-10/h9,11-12H,3-8H2,1-2H3. The molecular formula is C10H21NO3. The van der Waals surface area contributed by atoms with Gasteiger partial charge in [0.2, 0.25) is 0 Å². The Labute approximate surface area is 85.6 Å². The summed E-state index contributed by atoms with van der Waals surface area (Å²) < 4.78 is 10.2. The Bertz CT molecular complexity index is 157. The van der Waals surface area contributed by atoms with E-state index >= 15 is 0 Å². The van der Waals surface area contributed by atoms with Gasteiger partial charge in [0.25, 0.3) is 0 Å². The van der Waals surface area contributed by atoms with Gasteiger partial charge in [-0.25, -0.2) is 0 Å². The predicted octanol–water partition coefficient (Wildman–Crippen LogP) is 0.00990. The van der Waals surface area contributed by atoms with Crippen molar-refractivity contribution in [3.8, 4) is 0 Å². The molecule has 2 atom stereocenters. The quantitative estimate of drug-likeness (QED) is 0.638. The second kappa shape index (κ2) is 5.66. The molecule has 0 aromatic carbocycles. The molecule has 0 aromatic heterocycles. The molecule has 2 N–H and O–H groups in total. The molecule has 1 aliphatic heterocycles. The Kier molecular flexibility index (Phi) is 4.81. The summed E-state index contributed by atoms with van der Waals surface area (Å²) >= 11 is 0. The first kappa shape index (κ1) is 11.9. The lowest BCUT2D eigenvalue weighted by Gasteiger charge is -2.22. The van der Waals surface area contributed by atoms with E-state index < -0.39 is 5.60 Å². The van der Waals surface area contributed by atoms with Gasteiger partial charge in [0.15, 0.2) is 0 Å². The zero-order valence-electron chi connectivity index (χ0n) is 9.08. The molecule has 0 spiro atoms. The van der Waals surface area contributed by atoms with Crippen molar-refractivity contribution >= 4 is 0 Å². The van der Waals surface area contributed by atoms with Crippen LogP contribution in [0.3, 0.4) is 0 Å². The molecule has 84 valence electrons. The lowest BCUT2D eigenvalue weighted by atomic mass is 10.0. The molecule has 0 saturated carbocycles. The summed E-state index contributed by atoms with van der Waals surface area (Å²) in [5.41, 5.74) is -0.646. The van der Waals surface area contributed by atoms with Gasteiger partial charge in [0, 0.05) is 39.8 Å². The van der Waals surface area contributed by atoms with Crippen LogP contribution in [-0.2, 0) is 9.47 Å². The number of aliphatic hydroxyl groups is 1. The zero-order chi connectivity index (χ0) is 10.4. The fourth-order valence-corrected chi connectivity index (χ4v) is 1.63. The Hall–Kier alpha value is -0.160.